The van der Waals surface area contributed by atoms with Crippen molar-refractivity contribution in [3.8, 4) is 0 Å². The lowest BCUT2D eigenvalue weighted by atomic mass is 10.2. The molecule has 3 nitrogen and oxygen atoms in total. The lowest BCUT2D eigenvalue weighted by Gasteiger charge is -2.24. The first-order chi connectivity index (χ1) is 9.26. The molecule has 100 valence electrons. The lowest BCUT2D eigenvalue weighted by Crippen LogP contribution is -2.18. The van der Waals surface area contributed by atoms with Crippen molar-refractivity contribution >= 4 is 17.3 Å². The number of hydrogen-bond acceptors (Lipinski definition) is 3. The highest BCUT2D eigenvalue weighted by molar-refractivity contribution is 5.64. The Kier molecular flexibility index (Phi) is 4.39. The smallest absolute Gasteiger partial charge is 0.135 e. The lowest BCUT2D eigenvalue weighted by molar-refractivity contribution is 0.981. The molecule has 0 radical (unpaired) electrons. The normalized spacial score (nSPS) is 10.3. The molecule has 1 aromatic carbocycles. The average Bonchev–Trinajstić information content (AvgIpc) is 2.43. The molecule has 0 amide bonds. The molecular formula is C16H21N3. The second-order valence-corrected chi connectivity index (χ2v) is 4.44. The van der Waals surface area contributed by atoms with Gasteiger partial charge in [-0.1, -0.05) is 24.3 Å². The maximum atomic E-state index is 4.67. The number of benzene rings is 1. The molecule has 0 spiro atoms. The van der Waals surface area contributed by atoms with E-state index in [1.54, 1.807) is 0 Å². The monoisotopic (exact) mass is 255 g/mol. The molecule has 3 heteroatoms. The number of para-hydroxylation sites is 1. The fourth-order valence-electron chi connectivity index (χ4n) is 2.18. The molecule has 0 aliphatic carbocycles. The Morgan fingerprint density at radius 1 is 1.05 bits per heavy atom. The van der Waals surface area contributed by atoms with E-state index in [-0.39, 0.29) is 0 Å². The van der Waals surface area contributed by atoms with Crippen LogP contribution in [-0.4, -0.2) is 18.1 Å². The van der Waals surface area contributed by atoms with Crippen LogP contribution >= 0.6 is 0 Å². The largest absolute Gasteiger partial charge is 0.370 e. The van der Waals surface area contributed by atoms with E-state index in [0.29, 0.717) is 0 Å². The van der Waals surface area contributed by atoms with Gasteiger partial charge in [-0.05, 0) is 44.5 Å². The van der Waals surface area contributed by atoms with Gasteiger partial charge in [-0.2, -0.15) is 0 Å². The maximum absolute atomic E-state index is 4.67. The van der Waals surface area contributed by atoms with Crippen molar-refractivity contribution in [3.63, 3.8) is 0 Å². The Morgan fingerprint density at radius 3 is 2.53 bits per heavy atom. The first kappa shape index (κ1) is 13.4. The van der Waals surface area contributed by atoms with Crippen LogP contribution in [0.4, 0.5) is 17.3 Å². The van der Waals surface area contributed by atoms with Crippen LogP contribution in [0.2, 0.25) is 0 Å². The molecule has 2 rings (SSSR count). The molecule has 0 atom stereocenters. The minimum absolute atomic E-state index is 0.882. The molecule has 0 aliphatic heterocycles. The highest BCUT2D eigenvalue weighted by atomic mass is 15.2. The predicted molar refractivity (Wildman–Crippen MR) is 82.3 cm³/mol. The fraction of sp³-hybridized carbons (Fsp3) is 0.312. The summed E-state index contributed by atoms with van der Waals surface area (Å²) in [6.45, 7) is 8.13. The van der Waals surface area contributed by atoms with Gasteiger partial charge in [0.25, 0.3) is 0 Å². The second kappa shape index (κ2) is 6.23. The molecule has 0 bridgehead atoms. The molecule has 0 aliphatic rings. The minimum atomic E-state index is 0.882. The Balaban J connectivity index is 2.37. The number of hydrogen-bond donors (Lipinski definition) is 1. The molecule has 0 saturated heterocycles. The number of nitrogens with one attached hydrogen (secondary N) is 1. The van der Waals surface area contributed by atoms with Gasteiger partial charge in [0, 0.05) is 18.8 Å². The summed E-state index contributed by atoms with van der Waals surface area (Å²) < 4.78 is 0. The van der Waals surface area contributed by atoms with Crippen LogP contribution in [0, 0.1) is 6.92 Å². The first-order valence-corrected chi connectivity index (χ1v) is 6.80. The zero-order chi connectivity index (χ0) is 13.7. The summed E-state index contributed by atoms with van der Waals surface area (Å²) in [5.41, 5.74) is 2.48. The van der Waals surface area contributed by atoms with Gasteiger partial charge in [-0.15, -0.1) is 0 Å². The molecular weight excluding hydrogens is 234 g/mol. The zero-order valence-corrected chi connectivity index (χ0v) is 11.9. The van der Waals surface area contributed by atoms with Gasteiger partial charge in [0.05, 0.1) is 0 Å². The van der Waals surface area contributed by atoms with Crippen LogP contribution < -0.4 is 10.2 Å². The van der Waals surface area contributed by atoms with Crippen LogP contribution in [-0.2, 0) is 0 Å². The van der Waals surface area contributed by atoms with Gasteiger partial charge in [0.1, 0.15) is 11.6 Å². The van der Waals surface area contributed by atoms with Crippen molar-refractivity contribution in [3.05, 3.63) is 48.0 Å². The Labute approximate surface area is 115 Å². The summed E-state index contributed by atoms with van der Waals surface area (Å²) in [5.74, 6) is 1.90. The quantitative estimate of drug-likeness (QED) is 0.876. The molecule has 1 heterocycles. The van der Waals surface area contributed by atoms with E-state index in [1.165, 1.54) is 11.3 Å². The molecule has 0 unspecified atom stereocenters. The predicted octanol–water partition coefficient (Wildman–Crippen LogP) is 3.98. The van der Waals surface area contributed by atoms with Gasteiger partial charge >= 0.3 is 0 Å². The third kappa shape index (κ3) is 3.05. The summed E-state index contributed by atoms with van der Waals surface area (Å²) in [6, 6.07) is 14.5. The number of pyridine rings is 1. The molecule has 19 heavy (non-hydrogen) atoms. The number of rotatable bonds is 5. The van der Waals surface area contributed by atoms with Crippen molar-refractivity contribution in [2.24, 2.45) is 0 Å². The summed E-state index contributed by atoms with van der Waals surface area (Å²) in [7, 11) is 0. The average molecular weight is 255 g/mol. The summed E-state index contributed by atoms with van der Waals surface area (Å²) in [5, 5.41) is 3.26. The molecule has 2 aromatic rings. The minimum Gasteiger partial charge on any atom is -0.370 e. The third-order valence-corrected chi connectivity index (χ3v) is 3.09. The van der Waals surface area contributed by atoms with Gasteiger partial charge in [-0.25, -0.2) is 4.98 Å². The number of anilines is 3. The van der Waals surface area contributed by atoms with Crippen molar-refractivity contribution < 1.29 is 0 Å². The summed E-state index contributed by atoms with van der Waals surface area (Å²) in [4.78, 5) is 6.90. The van der Waals surface area contributed by atoms with E-state index in [2.05, 4.69) is 66.3 Å². The Hall–Kier alpha value is -2.03. The number of aromatic nitrogens is 1. The zero-order valence-electron chi connectivity index (χ0n) is 11.9. The first-order valence-electron chi connectivity index (χ1n) is 6.80. The van der Waals surface area contributed by atoms with E-state index in [1.807, 2.05) is 12.1 Å². The topological polar surface area (TPSA) is 28.2 Å². The van der Waals surface area contributed by atoms with E-state index >= 15 is 0 Å². The third-order valence-electron chi connectivity index (χ3n) is 3.09. The molecule has 1 aromatic heterocycles. The van der Waals surface area contributed by atoms with Gasteiger partial charge in [0.15, 0.2) is 0 Å². The van der Waals surface area contributed by atoms with E-state index in [0.717, 1.165) is 24.7 Å². The van der Waals surface area contributed by atoms with E-state index in [9.17, 15) is 0 Å². The summed E-state index contributed by atoms with van der Waals surface area (Å²) in [6.07, 6.45) is 0. The van der Waals surface area contributed by atoms with Gasteiger partial charge in [0.2, 0.25) is 0 Å². The number of nitrogens with zero attached hydrogens (tertiary/aromatic N) is 2. The standard InChI is InChI=1S/C16H21N3/c1-4-17-15-11-8-12-16(18-15)19(5-2)14-10-7-6-9-13(14)3/h6-12H,4-5H2,1-3H3,(H,17,18). The van der Waals surface area contributed by atoms with Gasteiger partial charge < -0.3 is 10.2 Å². The Bertz CT molecular complexity index is 537. The number of aryl methyl sites for hydroxylation is 1. The fourth-order valence-corrected chi connectivity index (χ4v) is 2.18. The van der Waals surface area contributed by atoms with Crippen molar-refractivity contribution in [2.75, 3.05) is 23.3 Å². The molecule has 0 fully saturated rings. The highest BCUT2D eigenvalue weighted by Crippen LogP contribution is 2.27. The molecule has 0 saturated carbocycles. The highest BCUT2D eigenvalue weighted by Gasteiger charge is 2.10. The van der Waals surface area contributed by atoms with Crippen LogP contribution in [0.5, 0.6) is 0 Å². The van der Waals surface area contributed by atoms with Crippen molar-refractivity contribution in [1.82, 2.24) is 4.98 Å². The Morgan fingerprint density at radius 2 is 1.84 bits per heavy atom. The SMILES string of the molecule is CCNc1cccc(N(CC)c2ccccc2C)n1. The van der Waals surface area contributed by atoms with Crippen LogP contribution in [0.1, 0.15) is 19.4 Å². The van der Waals surface area contributed by atoms with Crippen LogP contribution in [0.3, 0.4) is 0 Å². The van der Waals surface area contributed by atoms with Crippen molar-refractivity contribution in [2.45, 2.75) is 20.8 Å². The van der Waals surface area contributed by atoms with Crippen molar-refractivity contribution in [1.29, 1.82) is 0 Å². The van der Waals surface area contributed by atoms with Crippen LogP contribution in [0.25, 0.3) is 0 Å². The second-order valence-electron chi connectivity index (χ2n) is 4.44. The maximum Gasteiger partial charge on any atom is 0.135 e. The van der Waals surface area contributed by atoms with Gasteiger partial charge in [-0.3, -0.25) is 0 Å². The summed E-state index contributed by atoms with van der Waals surface area (Å²) >= 11 is 0. The molecule has 1 N–H and O–H groups in total. The van der Waals surface area contributed by atoms with E-state index < -0.39 is 0 Å². The van der Waals surface area contributed by atoms with Crippen LogP contribution in [0.15, 0.2) is 42.5 Å². The van der Waals surface area contributed by atoms with E-state index in [4.69, 9.17) is 0 Å².